The number of nitrogens with one attached hydrogen (secondary N) is 3. The maximum atomic E-state index is 13.8. The molecule has 1 fully saturated rings. The molecule has 3 N–H and O–H groups in total. The fraction of sp³-hybridized carbons (Fsp3) is 0.214. The summed E-state index contributed by atoms with van der Waals surface area (Å²) >= 11 is 0. The standard InChI is InChI=1S/C28H24FN7/c29-23-3-1-2-21(12-23)24-16-32-17-25-27(24)35-28(34-25)26-22(15-33-36-26)5-4-19-11-20(14-31-13-19)10-18-6-8-30-9-7-18/h1-3,11-18,30H,6-10H2,(H,33,36)(H,34,35). The molecule has 1 aliphatic rings. The van der Waals surface area contributed by atoms with Crippen molar-refractivity contribution in [2.45, 2.75) is 19.3 Å². The van der Waals surface area contributed by atoms with Gasteiger partial charge < -0.3 is 10.3 Å². The molecule has 4 aromatic heterocycles. The van der Waals surface area contributed by atoms with Gasteiger partial charge in [-0.1, -0.05) is 24.0 Å². The number of rotatable bonds is 4. The van der Waals surface area contributed by atoms with Crippen molar-refractivity contribution in [1.29, 1.82) is 0 Å². The van der Waals surface area contributed by atoms with Gasteiger partial charge in [-0.3, -0.25) is 15.1 Å². The monoisotopic (exact) mass is 477 g/mol. The first-order chi connectivity index (χ1) is 17.7. The van der Waals surface area contributed by atoms with Crippen LogP contribution in [0.2, 0.25) is 0 Å². The number of nitrogens with zero attached hydrogens (tertiary/aromatic N) is 4. The van der Waals surface area contributed by atoms with Crippen LogP contribution < -0.4 is 5.32 Å². The second kappa shape index (κ2) is 9.72. The summed E-state index contributed by atoms with van der Waals surface area (Å²) < 4.78 is 13.8. The number of H-pyrrole nitrogens is 2. The number of piperidine rings is 1. The highest BCUT2D eigenvalue weighted by atomic mass is 19.1. The molecule has 36 heavy (non-hydrogen) atoms. The van der Waals surface area contributed by atoms with E-state index in [9.17, 15) is 4.39 Å². The molecule has 6 rings (SSSR count). The Balaban J connectivity index is 1.29. The highest BCUT2D eigenvalue weighted by molar-refractivity contribution is 5.92. The van der Waals surface area contributed by atoms with E-state index in [-0.39, 0.29) is 5.82 Å². The molecule has 178 valence electrons. The van der Waals surface area contributed by atoms with Gasteiger partial charge in [0, 0.05) is 29.7 Å². The van der Waals surface area contributed by atoms with E-state index in [2.05, 4.69) is 48.4 Å². The van der Waals surface area contributed by atoms with Crippen LogP contribution in [0.5, 0.6) is 0 Å². The Labute approximate surface area is 207 Å². The molecule has 0 amide bonds. The van der Waals surface area contributed by atoms with Crippen LogP contribution in [0, 0.1) is 23.6 Å². The molecule has 1 aromatic carbocycles. The van der Waals surface area contributed by atoms with Gasteiger partial charge in [-0.2, -0.15) is 5.10 Å². The SMILES string of the molecule is Fc1cccc(-c2cncc3[nH]c(-c4[nH]ncc4C#Cc4cncc(CC5CCNCC5)c4)nc23)c1. The normalized spacial score (nSPS) is 14.0. The highest BCUT2D eigenvalue weighted by Crippen LogP contribution is 2.29. The predicted molar refractivity (Wildman–Crippen MR) is 136 cm³/mol. The maximum absolute atomic E-state index is 13.8. The quantitative estimate of drug-likeness (QED) is 0.332. The number of imidazole rings is 1. The summed E-state index contributed by atoms with van der Waals surface area (Å²) in [4.78, 5) is 16.8. The Morgan fingerprint density at radius 2 is 1.86 bits per heavy atom. The van der Waals surface area contributed by atoms with Gasteiger partial charge >= 0.3 is 0 Å². The molecule has 0 unspecified atom stereocenters. The van der Waals surface area contributed by atoms with Crippen LogP contribution in [-0.4, -0.2) is 43.2 Å². The van der Waals surface area contributed by atoms with E-state index in [1.54, 1.807) is 30.9 Å². The van der Waals surface area contributed by atoms with Crippen LogP contribution >= 0.6 is 0 Å². The van der Waals surface area contributed by atoms with E-state index in [4.69, 9.17) is 4.98 Å². The zero-order valence-corrected chi connectivity index (χ0v) is 19.6. The van der Waals surface area contributed by atoms with Gasteiger partial charge in [-0.15, -0.1) is 0 Å². The van der Waals surface area contributed by atoms with Crippen LogP contribution in [0.3, 0.4) is 0 Å². The minimum Gasteiger partial charge on any atom is -0.335 e. The van der Waals surface area contributed by atoms with E-state index in [0.717, 1.165) is 41.7 Å². The predicted octanol–water partition coefficient (Wildman–Crippen LogP) is 4.49. The molecule has 0 atom stereocenters. The fourth-order valence-corrected chi connectivity index (χ4v) is 4.71. The lowest BCUT2D eigenvalue weighted by Crippen LogP contribution is -2.28. The Morgan fingerprint density at radius 1 is 0.972 bits per heavy atom. The van der Waals surface area contributed by atoms with Crippen LogP contribution in [0.15, 0.2) is 61.3 Å². The fourth-order valence-electron chi connectivity index (χ4n) is 4.71. The van der Waals surface area contributed by atoms with Gasteiger partial charge in [0.25, 0.3) is 0 Å². The smallest absolute Gasteiger partial charge is 0.157 e. The average Bonchev–Trinajstić information content (AvgIpc) is 3.55. The average molecular weight is 478 g/mol. The van der Waals surface area contributed by atoms with E-state index < -0.39 is 0 Å². The van der Waals surface area contributed by atoms with Crippen LogP contribution in [-0.2, 0) is 6.42 Å². The first kappa shape index (κ1) is 22.1. The first-order valence-corrected chi connectivity index (χ1v) is 12.0. The first-order valence-electron chi connectivity index (χ1n) is 12.0. The molecular formula is C28H24FN7. The van der Waals surface area contributed by atoms with Crippen molar-refractivity contribution in [2.75, 3.05) is 13.1 Å². The molecule has 5 heterocycles. The summed E-state index contributed by atoms with van der Waals surface area (Å²) in [6.07, 6.45) is 12.2. The Morgan fingerprint density at radius 3 is 2.75 bits per heavy atom. The van der Waals surface area contributed by atoms with Gasteiger partial charge in [-0.05, 0) is 67.6 Å². The van der Waals surface area contributed by atoms with Crippen molar-refractivity contribution in [3.05, 3.63) is 83.8 Å². The van der Waals surface area contributed by atoms with Crippen molar-refractivity contribution in [1.82, 2.24) is 35.5 Å². The molecule has 0 bridgehead atoms. The summed E-state index contributed by atoms with van der Waals surface area (Å²) in [5.74, 6) is 7.43. The molecule has 0 radical (unpaired) electrons. The summed E-state index contributed by atoms with van der Waals surface area (Å²) in [6, 6.07) is 8.54. The maximum Gasteiger partial charge on any atom is 0.157 e. The molecule has 1 saturated heterocycles. The third kappa shape index (κ3) is 4.61. The molecular weight excluding hydrogens is 453 g/mol. The molecule has 8 heteroatoms. The zero-order chi connectivity index (χ0) is 24.3. The lowest BCUT2D eigenvalue weighted by Gasteiger charge is -2.22. The number of fused-ring (bicyclic) bond motifs is 1. The Kier molecular flexibility index (Phi) is 5.98. The molecule has 0 spiro atoms. The summed E-state index contributed by atoms with van der Waals surface area (Å²) in [7, 11) is 0. The van der Waals surface area contributed by atoms with Crippen molar-refractivity contribution >= 4 is 11.0 Å². The molecule has 5 aromatic rings. The number of aromatic amines is 2. The van der Waals surface area contributed by atoms with E-state index in [0.29, 0.717) is 28.5 Å². The summed E-state index contributed by atoms with van der Waals surface area (Å²) in [5, 5.41) is 10.6. The van der Waals surface area contributed by atoms with Crippen LogP contribution in [0.1, 0.15) is 29.5 Å². The number of aromatic nitrogens is 6. The summed E-state index contributed by atoms with van der Waals surface area (Å²) in [5.41, 5.74) is 6.40. The number of hydrogen-bond donors (Lipinski definition) is 3. The minimum atomic E-state index is -0.305. The van der Waals surface area contributed by atoms with Crippen molar-refractivity contribution < 1.29 is 4.39 Å². The van der Waals surface area contributed by atoms with E-state index in [1.807, 2.05) is 12.3 Å². The van der Waals surface area contributed by atoms with Crippen LogP contribution in [0.4, 0.5) is 4.39 Å². The van der Waals surface area contributed by atoms with Gasteiger partial charge in [0.15, 0.2) is 5.82 Å². The zero-order valence-electron chi connectivity index (χ0n) is 19.6. The van der Waals surface area contributed by atoms with Gasteiger partial charge in [0.1, 0.15) is 11.5 Å². The van der Waals surface area contributed by atoms with E-state index in [1.165, 1.54) is 30.5 Å². The molecule has 7 nitrogen and oxygen atoms in total. The van der Waals surface area contributed by atoms with Gasteiger partial charge in [0.2, 0.25) is 0 Å². The lowest BCUT2D eigenvalue weighted by molar-refractivity contribution is 0.372. The number of pyridine rings is 2. The van der Waals surface area contributed by atoms with Gasteiger partial charge in [-0.25, -0.2) is 9.37 Å². The van der Waals surface area contributed by atoms with Crippen molar-refractivity contribution in [2.24, 2.45) is 5.92 Å². The molecule has 1 aliphatic heterocycles. The molecule has 0 aliphatic carbocycles. The summed E-state index contributed by atoms with van der Waals surface area (Å²) in [6.45, 7) is 2.17. The van der Waals surface area contributed by atoms with E-state index >= 15 is 0 Å². The van der Waals surface area contributed by atoms with Crippen molar-refractivity contribution in [3.8, 4) is 34.5 Å². The minimum absolute atomic E-state index is 0.305. The second-order valence-electron chi connectivity index (χ2n) is 9.07. The molecule has 0 saturated carbocycles. The Bertz CT molecular complexity index is 1580. The second-order valence-corrected chi connectivity index (χ2v) is 9.07. The van der Waals surface area contributed by atoms with Crippen LogP contribution in [0.25, 0.3) is 33.7 Å². The lowest BCUT2D eigenvalue weighted by atomic mass is 9.91. The highest BCUT2D eigenvalue weighted by Gasteiger charge is 2.16. The number of halogens is 1. The Hall–Kier alpha value is -4.35. The van der Waals surface area contributed by atoms with Crippen molar-refractivity contribution in [3.63, 3.8) is 0 Å². The third-order valence-electron chi connectivity index (χ3n) is 6.53. The third-order valence-corrected chi connectivity index (χ3v) is 6.53. The van der Waals surface area contributed by atoms with Gasteiger partial charge in [0.05, 0.1) is 29.0 Å². The number of benzene rings is 1. The number of hydrogen-bond acceptors (Lipinski definition) is 5. The largest absolute Gasteiger partial charge is 0.335 e. The topological polar surface area (TPSA) is 95.2 Å².